The minimum atomic E-state index is 0.948. The zero-order valence-electron chi connectivity index (χ0n) is 15.1. The Bertz CT molecular complexity index is 501. The molecule has 0 saturated carbocycles. The largest absolute Gasteiger partial charge is 0.391 e. The van der Waals surface area contributed by atoms with Gasteiger partial charge in [-0.25, -0.2) is 0 Å². The molecule has 0 heterocycles. The molecule has 1 rings (SSSR count). The molecule has 0 amide bonds. The van der Waals surface area contributed by atoms with Crippen molar-refractivity contribution in [3.63, 3.8) is 0 Å². The molecule has 0 atom stereocenters. The van der Waals surface area contributed by atoms with Crippen molar-refractivity contribution >= 4 is 24.4 Å². The van der Waals surface area contributed by atoms with E-state index in [-0.39, 0.29) is 0 Å². The highest BCUT2D eigenvalue weighted by Gasteiger charge is 1.92. The van der Waals surface area contributed by atoms with Gasteiger partial charge in [-0.05, 0) is 55.0 Å². The lowest BCUT2D eigenvalue weighted by molar-refractivity contribution is 0.649. The predicted molar refractivity (Wildman–Crippen MR) is 113 cm³/mol. The van der Waals surface area contributed by atoms with Crippen molar-refractivity contribution in [2.45, 2.75) is 32.1 Å². The van der Waals surface area contributed by atoms with E-state index in [4.69, 9.17) is 0 Å². The zero-order chi connectivity index (χ0) is 17.5. The van der Waals surface area contributed by atoms with Crippen LogP contribution in [0.4, 0.5) is 5.69 Å². The molecule has 1 aromatic rings. The maximum absolute atomic E-state index is 4.22. The third-order valence-electron chi connectivity index (χ3n) is 3.68. The molecule has 132 valence electrons. The Balaban J connectivity index is 2.11. The van der Waals surface area contributed by atoms with E-state index in [0.29, 0.717) is 0 Å². The second kappa shape index (κ2) is 13.8. The lowest BCUT2D eigenvalue weighted by atomic mass is 10.1. The van der Waals surface area contributed by atoms with Gasteiger partial charge < -0.3 is 10.2 Å². The molecule has 24 heavy (non-hydrogen) atoms. The van der Waals surface area contributed by atoms with Gasteiger partial charge in [0.2, 0.25) is 0 Å². The summed E-state index contributed by atoms with van der Waals surface area (Å²) in [7, 11) is 4.11. The summed E-state index contributed by atoms with van der Waals surface area (Å²) in [5, 5.41) is 3.32. The highest BCUT2D eigenvalue weighted by atomic mass is 32.1. The molecular weight excluding hydrogens is 312 g/mol. The van der Waals surface area contributed by atoms with E-state index in [1.54, 1.807) is 0 Å². The molecule has 0 saturated heterocycles. The van der Waals surface area contributed by atoms with Gasteiger partial charge in [0.25, 0.3) is 0 Å². The predicted octanol–water partition coefficient (Wildman–Crippen LogP) is 5.31. The number of thiol groups is 1. The number of nitrogens with one attached hydrogen (secondary N) is 1. The summed E-state index contributed by atoms with van der Waals surface area (Å²) in [6.07, 6.45) is 18.7. The van der Waals surface area contributed by atoms with Gasteiger partial charge in [0.05, 0.1) is 0 Å². The molecule has 0 spiro atoms. The second-order valence-corrected chi connectivity index (χ2v) is 6.45. The zero-order valence-corrected chi connectivity index (χ0v) is 16.0. The summed E-state index contributed by atoms with van der Waals surface area (Å²) in [6.45, 7) is 1.06. The number of benzene rings is 1. The van der Waals surface area contributed by atoms with Gasteiger partial charge >= 0.3 is 0 Å². The molecule has 0 aliphatic heterocycles. The lowest BCUT2D eigenvalue weighted by Gasteiger charge is -2.11. The third-order valence-corrected chi connectivity index (χ3v) is 4.00. The Labute approximate surface area is 153 Å². The van der Waals surface area contributed by atoms with E-state index in [9.17, 15) is 0 Å². The van der Waals surface area contributed by atoms with Crippen LogP contribution in [0.25, 0.3) is 6.08 Å². The lowest BCUT2D eigenvalue weighted by Crippen LogP contribution is -2.07. The van der Waals surface area contributed by atoms with Crippen molar-refractivity contribution in [2.24, 2.45) is 0 Å². The molecule has 1 aromatic carbocycles. The standard InChI is InChI=1S/C21H32N2S/c1-23(2)21-15-13-20(14-16-21)12-8-4-3-5-9-17-22-18-10-6-7-11-19-24/h3,5,8-9,12-17,22,24H,4,6-7,10-11,18-19H2,1-2H3/b5-3-,12-8+,17-9-. The Morgan fingerprint density at radius 2 is 1.71 bits per heavy atom. The van der Waals surface area contributed by atoms with Gasteiger partial charge in [0.1, 0.15) is 0 Å². The van der Waals surface area contributed by atoms with Crippen LogP contribution < -0.4 is 10.2 Å². The summed E-state index contributed by atoms with van der Waals surface area (Å²) in [6, 6.07) is 8.58. The number of anilines is 1. The minimum Gasteiger partial charge on any atom is -0.391 e. The molecule has 0 fully saturated rings. The number of hydrogen-bond donors (Lipinski definition) is 2. The quantitative estimate of drug-likeness (QED) is 0.304. The first-order valence-corrected chi connectivity index (χ1v) is 9.47. The third kappa shape index (κ3) is 10.2. The van der Waals surface area contributed by atoms with Crippen LogP contribution in [-0.4, -0.2) is 26.4 Å². The van der Waals surface area contributed by atoms with E-state index < -0.39 is 0 Å². The SMILES string of the molecule is CN(C)c1ccc(/C=C/C/C=C\C=C/NCCCCCCS)cc1. The van der Waals surface area contributed by atoms with E-state index in [1.165, 1.54) is 36.9 Å². The van der Waals surface area contributed by atoms with Crippen LogP contribution >= 0.6 is 12.6 Å². The van der Waals surface area contributed by atoms with Crippen LogP contribution in [0.5, 0.6) is 0 Å². The van der Waals surface area contributed by atoms with Crippen LogP contribution in [0.2, 0.25) is 0 Å². The molecule has 0 radical (unpaired) electrons. The van der Waals surface area contributed by atoms with Crippen LogP contribution in [-0.2, 0) is 0 Å². The van der Waals surface area contributed by atoms with Crippen LogP contribution in [0.15, 0.2) is 54.8 Å². The first kappa shape index (κ1) is 20.4. The molecule has 0 aliphatic carbocycles. The van der Waals surface area contributed by atoms with Crippen molar-refractivity contribution in [1.29, 1.82) is 0 Å². The van der Waals surface area contributed by atoms with Crippen LogP contribution in [0.1, 0.15) is 37.7 Å². The van der Waals surface area contributed by atoms with Crippen molar-refractivity contribution in [1.82, 2.24) is 5.32 Å². The van der Waals surface area contributed by atoms with Gasteiger partial charge in [-0.3, -0.25) is 0 Å². The second-order valence-electron chi connectivity index (χ2n) is 6.00. The smallest absolute Gasteiger partial charge is 0.0361 e. The van der Waals surface area contributed by atoms with Crippen molar-refractivity contribution in [3.05, 3.63) is 60.3 Å². The number of allylic oxidation sites excluding steroid dienone is 4. The first-order valence-electron chi connectivity index (χ1n) is 8.84. The average Bonchev–Trinajstić information content (AvgIpc) is 2.59. The fourth-order valence-electron chi connectivity index (χ4n) is 2.22. The van der Waals surface area contributed by atoms with Gasteiger partial charge in [0.15, 0.2) is 0 Å². The van der Waals surface area contributed by atoms with Gasteiger partial charge in [-0.1, -0.05) is 49.3 Å². The first-order chi connectivity index (χ1) is 11.7. The molecule has 0 unspecified atom stereocenters. The van der Waals surface area contributed by atoms with Crippen molar-refractivity contribution in [2.75, 3.05) is 31.3 Å². The molecule has 1 N–H and O–H groups in total. The van der Waals surface area contributed by atoms with Crippen molar-refractivity contribution < 1.29 is 0 Å². The van der Waals surface area contributed by atoms with E-state index in [2.05, 4.69) is 91.6 Å². The molecule has 0 aliphatic rings. The average molecular weight is 345 g/mol. The summed E-state index contributed by atoms with van der Waals surface area (Å²) in [4.78, 5) is 2.11. The molecule has 2 nitrogen and oxygen atoms in total. The Kier molecular flexibility index (Phi) is 11.7. The topological polar surface area (TPSA) is 15.3 Å². The maximum Gasteiger partial charge on any atom is 0.0361 e. The molecule has 0 aromatic heterocycles. The monoisotopic (exact) mass is 344 g/mol. The van der Waals surface area contributed by atoms with Gasteiger partial charge in [-0.15, -0.1) is 0 Å². The number of rotatable bonds is 12. The maximum atomic E-state index is 4.22. The molecular formula is C21H32N2S. The summed E-state index contributed by atoms with van der Waals surface area (Å²) in [5.74, 6) is 1.01. The van der Waals surface area contributed by atoms with Gasteiger partial charge in [0, 0.05) is 26.3 Å². The van der Waals surface area contributed by atoms with Gasteiger partial charge in [-0.2, -0.15) is 12.6 Å². The fourth-order valence-corrected chi connectivity index (χ4v) is 2.45. The van der Waals surface area contributed by atoms with E-state index >= 15 is 0 Å². The van der Waals surface area contributed by atoms with E-state index in [0.717, 1.165) is 18.7 Å². The van der Waals surface area contributed by atoms with Crippen LogP contribution in [0.3, 0.4) is 0 Å². The minimum absolute atomic E-state index is 0.948. The normalized spacial score (nSPS) is 11.8. The van der Waals surface area contributed by atoms with Crippen molar-refractivity contribution in [3.8, 4) is 0 Å². The summed E-state index contributed by atoms with van der Waals surface area (Å²) >= 11 is 4.22. The number of hydrogen-bond acceptors (Lipinski definition) is 3. The highest BCUT2D eigenvalue weighted by molar-refractivity contribution is 7.80. The van der Waals surface area contributed by atoms with E-state index in [1.807, 2.05) is 6.20 Å². The van der Waals surface area contributed by atoms with Crippen LogP contribution in [0, 0.1) is 0 Å². The number of unbranched alkanes of at least 4 members (excludes halogenated alkanes) is 3. The Hall–Kier alpha value is -1.61. The summed E-state index contributed by atoms with van der Waals surface area (Å²) < 4.78 is 0. The Morgan fingerprint density at radius 3 is 2.42 bits per heavy atom. The molecule has 0 bridgehead atoms. The number of nitrogens with zero attached hydrogens (tertiary/aromatic N) is 1. The summed E-state index contributed by atoms with van der Waals surface area (Å²) in [5.41, 5.74) is 2.47. The Morgan fingerprint density at radius 1 is 0.958 bits per heavy atom. The highest BCUT2D eigenvalue weighted by Crippen LogP contribution is 2.13. The fraction of sp³-hybridized carbons (Fsp3) is 0.429. The molecule has 3 heteroatoms.